The number of carbonyl (C=O) groups excluding carboxylic acids is 1. The number of hydrogen-bond donors (Lipinski definition) is 0. The molecule has 0 N–H and O–H groups in total. The second kappa shape index (κ2) is 5.66. The molecular formula is C14H13Cl2N3O2. The van der Waals surface area contributed by atoms with E-state index in [0.29, 0.717) is 22.3 Å². The molecule has 5 nitrogen and oxygen atoms in total. The van der Waals surface area contributed by atoms with Crippen LogP contribution in [-0.2, 0) is 11.2 Å². The van der Waals surface area contributed by atoms with Crippen LogP contribution in [0.1, 0.15) is 41.1 Å². The molecule has 2 heterocycles. The highest BCUT2D eigenvalue weighted by molar-refractivity contribution is 6.42. The Morgan fingerprint density at radius 2 is 2.24 bits per heavy atom. The summed E-state index contributed by atoms with van der Waals surface area (Å²) in [5.41, 5.74) is 2.12. The number of benzene rings is 1. The number of ether oxygens (including phenoxy) is 1. The molecule has 1 aromatic carbocycles. The van der Waals surface area contributed by atoms with Crippen LogP contribution in [0.25, 0.3) is 0 Å². The lowest BCUT2D eigenvalue weighted by molar-refractivity contribution is 0.0518. The summed E-state index contributed by atoms with van der Waals surface area (Å²) in [5, 5.41) is 9.08. The molecule has 21 heavy (non-hydrogen) atoms. The topological polar surface area (TPSA) is 57.0 Å². The maximum atomic E-state index is 11.8. The van der Waals surface area contributed by atoms with Gasteiger partial charge in [-0.15, -0.1) is 5.10 Å². The summed E-state index contributed by atoms with van der Waals surface area (Å²) in [5.74, 6) is -0.423. The van der Waals surface area contributed by atoms with Gasteiger partial charge in [0.2, 0.25) is 0 Å². The van der Waals surface area contributed by atoms with Crippen LogP contribution in [0.2, 0.25) is 10.0 Å². The smallest absolute Gasteiger partial charge is 0.360 e. The minimum atomic E-state index is -0.423. The number of halogens is 2. The Labute approximate surface area is 131 Å². The normalized spacial score (nSPS) is 16.8. The Morgan fingerprint density at radius 1 is 1.43 bits per heavy atom. The summed E-state index contributed by atoms with van der Waals surface area (Å²) in [6.07, 6.45) is 1.57. The Balaban J connectivity index is 1.94. The fraction of sp³-hybridized carbons (Fsp3) is 0.357. The van der Waals surface area contributed by atoms with Gasteiger partial charge in [0.25, 0.3) is 0 Å². The van der Waals surface area contributed by atoms with E-state index in [1.165, 1.54) is 0 Å². The Hall–Kier alpha value is -1.59. The van der Waals surface area contributed by atoms with Crippen LogP contribution >= 0.6 is 23.2 Å². The molecular weight excluding hydrogens is 313 g/mol. The number of nitrogens with zero attached hydrogens (tertiary/aromatic N) is 3. The Morgan fingerprint density at radius 3 is 2.95 bits per heavy atom. The third-order valence-corrected chi connectivity index (χ3v) is 4.28. The molecule has 110 valence electrons. The van der Waals surface area contributed by atoms with E-state index in [1.807, 2.05) is 12.1 Å². The van der Waals surface area contributed by atoms with Gasteiger partial charge in [0.05, 0.1) is 28.4 Å². The lowest BCUT2D eigenvalue weighted by atomic mass is 10.1. The van der Waals surface area contributed by atoms with Gasteiger partial charge >= 0.3 is 5.97 Å². The molecule has 0 fully saturated rings. The highest BCUT2D eigenvalue weighted by Gasteiger charge is 2.31. The van der Waals surface area contributed by atoms with E-state index in [-0.39, 0.29) is 6.04 Å². The van der Waals surface area contributed by atoms with E-state index in [9.17, 15) is 4.79 Å². The van der Waals surface area contributed by atoms with Crippen LogP contribution in [-0.4, -0.2) is 27.6 Å². The number of esters is 1. The van der Waals surface area contributed by atoms with Gasteiger partial charge in [-0.3, -0.25) is 0 Å². The van der Waals surface area contributed by atoms with Crippen molar-refractivity contribution in [1.82, 2.24) is 15.0 Å². The predicted octanol–water partition coefficient (Wildman–Crippen LogP) is 3.30. The van der Waals surface area contributed by atoms with Crippen molar-refractivity contribution in [2.45, 2.75) is 25.8 Å². The molecule has 3 rings (SSSR count). The van der Waals surface area contributed by atoms with Crippen molar-refractivity contribution in [1.29, 1.82) is 0 Å². The SMILES string of the molecule is CCOC(=O)c1nnn2c1CCC2c1ccc(Cl)c(Cl)c1. The van der Waals surface area contributed by atoms with E-state index in [0.717, 1.165) is 24.1 Å². The molecule has 0 aliphatic carbocycles. The molecule has 0 saturated heterocycles. The van der Waals surface area contributed by atoms with Crippen LogP contribution in [0, 0.1) is 0 Å². The van der Waals surface area contributed by atoms with Crippen molar-refractivity contribution in [2.24, 2.45) is 0 Å². The van der Waals surface area contributed by atoms with Crippen molar-refractivity contribution in [2.75, 3.05) is 6.61 Å². The molecule has 1 atom stereocenters. The van der Waals surface area contributed by atoms with E-state index < -0.39 is 5.97 Å². The van der Waals surface area contributed by atoms with Gasteiger partial charge in [-0.05, 0) is 37.5 Å². The van der Waals surface area contributed by atoms with Crippen LogP contribution in [0.5, 0.6) is 0 Å². The minimum absolute atomic E-state index is 0.0189. The average molecular weight is 326 g/mol. The predicted molar refractivity (Wildman–Crippen MR) is 78.9 cm³/mol. The largest absolute Gasteiger partial charge is 0.461 e. The Kier molecular flexibility index (Phi) is 3.87. The van der Waals surface area contributed by atoms with Gasteiger partial charge in [0.1, 0.15) is 0 Å². The maximum absolute atomic E-state index is 11.8. The highest BCUT2D eigenvalue weighted by atomic mass is 35.5. The summed E-state index contributed by atoms with van der Waals surface area (Å²) >= 11 is 12.0. The zero-order valence-corrected chi connectivity index (χ0v) is 12.9. The van der Waals surface area contributed by atoms with Gasteiger partial charge in [-0.1, -0.05) is 34.5 Å². The zero-order chi connectivity index (χ0) is 15.0. The summed E-state index contributed by atoms with van der Waals surface area (Å²) in [7, 11) is 0. The third-order valence-electron chi connectivity index (χ3n) is 3.54. The van der Waals surface area contributed by atoms with E-state index in [1.54, 1.807) is 17.7 Å². The van der Waals surface area contributed by atoms with Crippen LogP contribution in [0.3, 0.4) is 0 Å². The molecule has 1 aliphatic heterocycles. The first-order chi connectivity index (χ1) is 10.1. The summed E-state index contributed by atoms with van der Waals surface area (Å²) in [6, 6.07) is 5.53. The quantitative estimate of drug-likeness (QED) is 0.812. The second-order valence-electron chi connectivity index (χ2n) is 4.78. The molecule has 7 heteroatoms. The van der Waals surface area contributed by atoms with Crippen molar-refractivity contribution < 1.29 is 9.53 Å². The van der Waals surface area contributed by atoms with Gasteiger partial charge in [0.15, 0.2) is 5.69 Å². The van der Waals surface area contributed by atoms with Crippen molar-refractivity contribution in [3.63, 3.8) is 0 Å². The fourth-order valence-electron chi connectivity index (χ4n) is 2.58. The van der Waals surface area contributed by atoms with Crippen molar-refractivity contribution in [3.05, 3.63) is 45.2 Å². The van der Waals surface area contributed by atoms with Gasteiger partial charge in [0, 0.05) is 0 Å². The molecule has 0 spiro atoms. The molecule has 0 radical (unpaired) electrons. The number of fused-ring (bicyclic) bond motifs is 1. The highest BCUT2D eigenvalue weighted by Crippen LogP contribution is 2.34. The summed E-state index contributed by atoms with van der Waals surface area (Å²) < 4.78 is 6.76. The van der Waals surface area contributed by atoms with Gasteiger partial charge in [-0.2, -0.15) is 0 Å². The molecule has 0 bridgehead atoms. The van der Waals surface area contributed by atoms with Gasteiger partial charge < -0.3 is 4.74 Å². The second-order valence-corrected chi connectivity index (χ2v) is 5.59. The number of carbonyl (C=O) groups is 1. The van der Waals surface area contributed by atoms with Crippen LogP contribution < -0.4 is 0 Å². The third kappa shape index (κ3) is 2.51. The lowest BCUT2D eigenvalue weighted by Gasteiger charge is -2.12. The first-order valence-electron chi connectivity index (χ1n) is 6.68. The fourth-order valence-corrected chi connectivity index (χ4v) is 2.88. The first kappa shape index (κ1) is 14.4. The van der Waals surface area contributed by atoms with E-state index in [4.69, 9.17) is 27.9 Å². The van der Waals surface area contributed by atoms with Crippen LogP contribution in [0.4, 0.5) is 0 Å². The summed E-state index contributed by atoms with van der Waals surface area (Å²) in [4.78, 5) is 11.8. The Bertz CT molecular complexity index is 700. The van der Waals surface area contributed by atoms with Crippen molar-refractivity contribution >= 4 is 29.2 Å². The standard InChI is InChI=1S/C14H13Cl2N3O2/c1-2-21-14(20)13-12-6-5-11(19(12)18-17-13)8-3-4-9(15)10(16)7-8/h3-4,7,11H,2,5-6H2,1H3. The van der Waals surface area contributed by atoms with E-state index in [2.05, 4.69) is 10.3 Å². The first-order valence-corrected chi connectivity index (χ1v) is 7.43. The lowest BCUT2D eigenvalue weighted by Crippen LogP contribution is -2.08. The minimum Gasteiger partial charge on any atom is -0.461 e. The van der Waals surface area contributed by atoms with Crippen LogP contribution in [0.15, 0.2) is 18.2 Å². The maximum Gasteiger partial charge on any atom is 0.360 e. The van der Waals surface area contributed by atoms with Gasteiger partial charge in [-0.25, -0.2) is 9.48 Å². The summed E-state index contributed by atoms with van der Waals surface area (Å²) in [6.45, 7) is 2.08. The number of rotatable bonds is 3. The average Bonchev–Trinajstić information content (AvgIpc) is 3.03. The molecule has 1 aromatic heterocycles. The molecule has 0 saturated carbocycles. The molecule has 2 aromatic rings. The van der Waals surface area contributed by atoms with Crippen molar-refractivity contribution in [3.8, 4) is 0 Å². The number of aromatic nitrogens is 3. The molecule has 1 unspecified atom stereocenters. The monoisotopic (exact) mass is 325 g/mol. The number of hydrogen-bond acceptors (Lipinski definition) is 4. The van der Waals surface area contributed by atoms with E-state index >= 15 is 0 Å². The zero-order valence-electron chi connectivity index (χ0n) is 11.3. The molecule has 1 aliphatic rings. The molecule has 0 amide bonds.